The maximum atomic E-state index is 12.7. The minimum atomic E-state index is 0.139. The van der Waals surface area contributed by atoms with Crippen molar-refractivity contribution in [3.63, 3.8) is 0 Å². The minimum absolute atomic E-state index is 0.139. The van der Waals surface area contributed by atoms with Gasteiger partial charge < -0.3 is 10.6 Å². The van der Waals surface area contributed by atoms with Crippen molar-refractivity contribution < 1.29 is 9.59 Å². The minimum Gasteiger partial charge on any atom is -0.355 e. The summed E-state index contributed by atoms with van der Waals surface area (Å²) in [4.78, 5) is 25.3. The van der Waals surface area contributed by atoms with E-state index in [0.29, 0.717) is 11.5 Å². The van der Waals surface area contributed by atoms with E-state index < -0.39 is 0 Å². The number of carbonyl (C=O) groups excluding carboxylic acids is 2. The Kier molecular flexibility index (Phi) is 33.9. The zero-order chi connectivity index (χ0) is 38.9. The molecule has 0 aromatic heterocycles. The summed E-state index contributed by atoms with van der Waals surface area (Å²) in [6.45, 7) is 6.14. The van der Waals surface area contributed by atoms with Crippen molar-refractivity contribution in [2.45, 2.75) is 181 Å². The van der Waals surface area contributed by atoms with E-state index in [-0.39, 0.29) is 11.8 Å². The Morgan fingerprint density at radius 2 is 0.667 bits per heavy atom. The lowest BCUT2D eigenvalue weighted by Gasteiger charge is -2.07. The van der Waals surface area contributed by atoms with Crippen molar-refractivity contribution in [2.75, 3.05) is 37.1 Å². The van der Waals surface area contributed by atoms with Gasteiger partial charge in [0.25, 0.3) is 0 Å². The molecular formula is C42H74N2O2S8. The van der Waals surface area contributed by atoms with Gasteiger partial charge in [-0.3, -0.25) is 9.59 Å². The maximum absolute atomic E-state index is 12.7. The molecule has 54 heavy (non-hydrogen) atoms. The van der Waals surface area contributed by atoms with Crippen LogP contribution in [0.3, 0.4) is 0 Å². The Balaban J connectivity index is 1.54. The average Bonchev–Trinajstić information content (AvgIpc) is 3.80. The fraction of sp³-hybridized carbons (Fsp3) is 0.810. The topological polar surface area (TPSA) is 58.2 Å². The molecule has 0 unspecified atom stereocenters. The van der Waals surface area contributed by atoms with Gasteiger partial charge in [-0.15, -0.1) is 47.0 Å². The summed E-state index contributed by atoms with van der Waals surface area (Å²) in [6.07, 6.45) is 39.1. The lowest BCUT2D eigenvalue weighted by Crippen LogP contribution is -2.26. The molecule has 0 radical (unpaired) electrons. The van der Waals surface area contributed by atoms with E-state index >= 15 is 0 Å². The third kappa shape index (κ3) is 25.4. The van der Waals surface area contributed by atoms with Gasteiger partial charge >= 0.3 is 0 Å². The highest BCUT2D eigenvalue weighted by molar-refractivity contribution is 8.45. The van der Waals surface area contributed by atoms with Crippen LogP contribution in [-0.4, -0.2) is 48.9 Å². The summed E-state index contributed by atoms with van der Waals surface area (Å²) in [5, 5.41) is 6.31. The van der Waals surface area contributed by atoms with E-state index in [1.54, 1.807) is 47.0 Å². The number of thioether (sulfide) groups is 8. The molecule has 0 fully saturated rings. The SMILES string of the molecule is CCCCCCCCCCCCCCCNC(=O)CSC1=C(SC)S/C(=C2/SC(SC)=C(SCC(=O)NCCCCCCCCCCCCCCC)S2)S1. The molecule has 312 valence electrons. The van der Waals surface area contributed by atoms with Gasteiger partial charge in [0.15, 0.2) is 0 Å². The smallest absolute Gasteiger partial charge is 0.230 e. The van der Waals surface area contributed by atoms with Crippen molar-refractivity contribution in [3.8, 4) is 0 Å². The molecule has 0 aromatic carbocycles. The molecule has 2 heterocycles. The Morgan fingerprint density at radius 1 is 0.407 bits per heavy atom. The summed E-state index contributed by atoms with van der Waals surface area (Å²) in [5.74, 6) is 1.22. The summed E-state index contributed by atoms with van der Waals surface area (Å²) in [5.41, 5.74) is 0. The Morgan fingerprint density at radius 3 is 0.944 bits per heavy atom. The second kappa shape index (κ2) is 35.9. The fourth-order valence-corrected chi connectivity index (χ4v) is 17.0. The fourth-order valence-electron chi connectivity index (χ4n) is 6.24. The molecule has 0 aliphatic carbocycles. The standard InChI is InChI=1S/C42H74N2O2S8/c1-5-7-9-11-13-15-17-19-21-23-25-27-29-31-43-35(45)33-49-39-37(47-3)51-41(53-39)42-52-38(48-4)40(54-42)50-34-36(46)44-32-30-28-26-24-22-20-18-16-14-12-10-8-6-2/h5-34H2,1-4H3,(H,43,45)(H,44,46)/b42-41+. The normalized spacial score (nSPS) is 15.9. The molecule has 0 saturated heterocycles. The van der Waals surface area contributed by atoms with Crippen LogP contribution in [0, 0.1) is 0 Å². The molecule has 0 saturated carbocycles. The van der Waals surface area contributed by atoms with Crippen LogP contribution < -0.4 is 10.6 Å². The van der Waals surface area contributed by atoms with E-state index in [9.17, 15) is 9.59 Å². The van der Waals surface area contributed by atoms with E-state index in [1.807, 2.05) is 47.0 Å². The zero-order valence-corrected chi connectivity index (χ0v) is 40.8. The van der Waals surface area contributed by atoms with Crippen molar-refractivity contribution >= 4 is 106 Å². The molecular weight excluding hydrogens is 821 g/mol. The van der Waals surface area contributed by atoms with Crippen LogP contribution in [0.2, 0.25) is 0 Å². The van der Waals surface area contributed by atoms with Gasteiger partial charge in [-0.25, -0.2) is 0 Å². The second-order valence-corrected chi connectivity index (χ2v) is 23.5. The second-order valence-electron chi connectivity index (χ2n) is 14.3. The van der Waals surface area contributed by atoms with E-state index in [1.165, 1.54) is 180 Å². The first-order valence-corrected chi connectivity index (χ1v) is 29.0. The van der Waals surface area contributed by atoms with Crippen LogP contribution in [0.5, 0.6) is 0 Å². The van der Waals surface area contributed by atoms with E-state index in [2.05, 4.69) is 37.0 Å². The monoisotopic (exact) mass is 894 g/mol. The molecule has 0 atom stereocenters. The van der Waals surface area contributed by atoms with Gasteiger partial charge in [0.1, 0.15) is 0 Å². The number of hydrogen-bond acceptors (Lipinski definition) is 10. The summed E-state index contributed by atoms with van der Waals surface area (Å²) >= 11 is 14.2. The Bertz CT molecular complexity index is 1030. The summed E-state index contributed by atoms with van der Waals surface area (Å²) in [7, 11) is 0. The van der Waals surface area contributed by atoms with Gasteiger partial charge in [-0.05, 0) is 25.4 Å². The van der Waals surface area contributed by atoms with Crippen LogP contribution >= 0.6 is 94.1 Å². The van der Waals surface area contributed by atoms with Gasteiger partial charge in [0, 0.05) is 13.1 Å². The molecule has 2 aliphatic rings. The van der Waals surface area contributed by atoms with Crippen molar-refractivity contribution in [1.29, 1.82) is 0 Å². The Hall–Kier alpha value is 0.960. The van der Waals surface area contributed by atoms with Gasteiger partial charge in [0.05, 0.1) is 36.9 Å². The van der Waals surface area contributed by atoms with Crippen molar-refractivity contribution in [1.82, 2.24) is 10.6 Å². The number of unbranched alkanes of at least 4 members (excludes halogenated alkanes) is 24. The van der Waals surface area contributed by atoms with Gasteiger partial charge in [-0.2, -0.15) is 0 Å². The van der Waals surface area contributed by atoms with Crippen LogP contribution in [0.15, 0.2) is 25.4 Å². The first kappa shape index (κ1) is 51.1. The Labute approximate surface area is 366 Å². The van der Waals surface area contributed by atoms with Crippen LogP contribution in [0.4, 0.5) is 0 Å². The van der Waals surface area contributed by atoms with Crippen molar-refractivity contribution in [3.05, 3.63) is 25.4 Å². The third-order valence-corrected chi connectivity index (χ3v) is 20.8. The third-order valence-electron chi connectivity index (χ3n) is 9.49. The molecule has 0 bridgehead atoms. The lowest BCUT2D eigenvalue weighted by molar-refractivity contribution is -0.119. The molecule has 2 rings (SSSR count). The molecule has 0 aromatic rings. The molecule has 12 heteroatoms. The predicted molar refractivity (Wildman–Crippen MR) is 261 cm³/mol. The van der Waals surface area contributed by atoms with Crippen LogP contribution in [0.1, 0.15) is 181 Å². The molecule has 4 nitrogen and oxygen atoms in total. The predicted octanol–water partition coefficient (Wildman–Crippen LogP) is 15.9. The molecule has 0 spiro atoms. The quantitative estimate of drug-likeness (QED) is 0.0595. The average molecular weight is 896 g/mol. The van der Waals surface area contributed by atoms with Crippen LogP contribution in [-0.2, 0) is 9.59 Å². The number of rotatable bonds is 36. The summed E-state index contributed by atoms with van der Waals surface area (Å²) < 4.78 is 7.67. The number of nitrogens with one attached hydrogen (secondary N) is 2. The lowest BCUT2D eigenvalue weighted by atomic mass is 10.0. The van der Waals surface area contributed by atoms with Gasteiger partial charge in [-0.1, -0.05) is 215 Å². The molecule has 2 N–H and O–H groups in total. The number of hydrogen-bond donors (Lipinski definition) is 2. The highest BCUT2D eigenvalue weighted by Gasteiger charge is 2.30. The summed E-state index contributed by atoms with van der Waals surface area (Å²) in [6, 6.07) is 0. The number of carbonyl (C=O) groups is 2. The van der Waals surface area contributed by atoms with E-state index in [0.717, 1.165) is 25.9 Å². The zero-order valence-electron chi connectivity index (χ0n) is 34.3. The number of amides is 2. The van der Waals surface area contributed by atoms with Crippen molar-refractivity contribution in [2.24, 2.45) is 0 Å². The maximum Gasteiger partial charge on any atom is 0.230 e. The van der Waals surface area contributed by atoms with Crippen LogP contribution in [0.25, 0.3) is 0 Å². The first-order valence-electron chi connectivity index (χ1n) is 21.3. The van der Waals surface area contributed by atoms with E-state index in [4.69, 9.17) is 0 Å². The molecule has 2 amide bonds. The highest BCUT2D eigenvalue weighted by atomic mass is 32.3. The molecule has 2 aliphatic heterocycles. The largest absolute Gasteiger partial charge is 0.355 e. The first-order chi connectivity index (χ1) is 26.5. The highest BCUT2D eigenvalue weighted by Crippen LogP contribution is 2.65. The van der Waals surface area contributed by atoms with Gasteiger partial charge in [0.2, 0.25) is 11.8 Å².